The molecule has 0 rings (SSSR count). The van der Waals surface area contributed by atoms with Crippen LogP contribution in [0.2, 0.25) is 0 Å². The molecule has 78 valence electrons. The molecule has 13 heavy (non-hydrogen) atoms. The highest BCUT2D eigenvalue weighted by atomic mass is 16.3. The standard InChI is InChI=1S/C8H19N3O2/c1-2-11(4-3-5-12)6-7(9)8(10)13/h7,12H,2-6,9H2,1H3,(H2,10,13). The Morgan fingerprint density at radius 2 is 2.23 bits per heavy atom. The number of nitrogens with zero attached hydrogens (tertiary/aromatic N) is 1. The summed E-state index contributed by atoms with van der Waals surface area (Å²) in [5, 5.41) is 8.60. The van der Waals surface area contributed by atoms with Crippen LogP contribution >= 0.6 is 0 Å². The van der Waals surface area contributed by atoms with E-state index in [1.54, 1.807) is 0 Å². The maximum absolute atomic E-state index is 10.6. The number of likely N-dealkylation sites (N-methyl/N-ethyl adjacent to an activating group) is 1. The van der Waals surface area contributed by atoms with Crippen LogP contribution in [-0.2, 0) is 4.79 Å². The molecule has 0 saturated heterocycles. The second-order valence-electron chi connectivity index (χ2n) is 2.98. The molecule has 5 nitrogen and oxygen atoms in total. The molecule has 1 amide bonds. The Morgan fingerprint density at radius 3 is 2.62 bits per heavy atom. The third-order valence-corrected chi connectivity index (χ3v) is 1.90. The van der Waals surface area contributed by atoms with Crippen LogP contribution in [0.3, 0.4) is 0 Å². The Hall–Kier alpha value is -0.650. The first-order valence-electron chi connectivity index (χ1n) is 4.50. The van der Waals surface area contributed by atoms with Gasteiger partial charge < -0.3 is 21.5 Å². The van der Waals surface area contributed by atoms with Gasteiger partial charge in [-0.1, -0.05) is 6.92 Å². The van der Waals surface area contributed by atoms with Gasteiger partial charge in [0.15, 0.2) is 0 Å². The number of primary amides is 1. The Balaban J connectivity index is 3.75. The summed E-state index contributed by atoms with van der Waals surface area (Å²) in [6.45, 7) is 4.15. The van der Waals surface area contributed by atoms with E-state index in [2.05, 4.69) is 0 Å². The first kappa shape index (κ1) is 12.3. The second-order valence-corrected chi connectivity index (χ2v) is 2.98. The molecule has 0 aliphatic rings. The van der Waals surface area contributed by atoms with Gasteiger partial charge in [0.1, 0.15) is 0 Å². The van der Waals surface area contributed by atoms with Crippen LogP contribution in [0.25, 0.3) is 0 Å². The van der Waals surface area contributed by atoms with Crippen molar-refractivity contribution < 1.29 is 9.90 Å². The van der Waals surface area contributed by atoms with Crippen molar-refractivity contribution in [3.05, 3.63) is 0 Å². The van der Waals surface area contributed by atoms with Crippen LogP contribution in [0.1, 0.15) is 13.3 Å². The molecule has 0 bridgehead atoms. The van der Waals surface area contributed by atoms with Crippen molar-refractivity contribution in [2.45, 2.75) is 19.4 Å². The molecule has 1 unspecified atom stereocenters. The molecule has 0 aliphatic heterocycles. The maximum Gasteiger partial charge on any atom is 0.235 e. The van der Waals surface area contributed by atoms with Crippen molar-refractivity contribution in [3.63, 3.8) is 0 Å². The number of amides is 1. The van der Waals surface area contributed by atoms with Crippen molar-refractivity contribution in [1.29, 1.82) is 0 Å². The zero-order valence-corrected chi connectivity index (χ0v) is 8.07. The molecule has 0 heterocycles. The normalized spacial score (nSPS) is 13.2. The van der Waals surface area contributed by atoms with Gasteiger partial charge in [-0.05, 0) is 13.0 Å². The van der Waals surface area contributed by atoms with Gasteiger partial charge in [-0.15, -0.1) is 0 Å². The van der Waals surface area contributed by atoms with Crippen LogP contribution in [0.15, 0.2) is 0 Å². The summed E-state index contributed by atoms with van der Waals surface area (Å²) in [6.07, 6.45) is 0.694. The van der Waals surface area contributed by atoms with Crippen molar-refractivity contribution in [3.8, 4) is 0 Å². The minimum absolute atomic E-state index is 0.155. The molecule has 0 fully saturated rings. The lowest BCUT2D eigenvalue weighted by Crippen LogP contribution is -2.46. The largest absolute Gasteiger partial charge is 0.396 e. The molecule has 0 aromatic carbocycles. The fraction of sp³-hybridized carbons (Fsp3) is 0.875. The van der Waals surface area contributed by atoms with Crippen molar-refractivity contribution >= 4 is 5.91 Å². The average Bonchev–Trinajstić information content (AvgIpc) is 2.11. The van der Waals surface area contributed by atoms with E-state index in [0.29, 0.717) is 13.0 Å². The summed E-state index contributed by atoms with van der Waals surface area (Å²) >= 11 is 0. The van der Waals surface area contributed by atoms with Crippen LogP contribution in [0.5, 0.6) is 0 Å². The maximum atomic E-state index is 10.6. The fourth-order valence-electron chi connectivity index (χ4n) is 1.04. The predicted molar refractivity (Wildman–Crippen MR) is 51.0 cm³/mol. The molecule has 0 aromatic heterocycles. The minimum Gasteiger partial charge on any atom is -0.396 e. The highest BCUT2D eigenvalue weighted by molar-refractivity contribution is 5.79. The highest BCUT2D eigenvalue weighted by Crippen LogP contribution is 1.92. The van der Waals surface area contributed by atoms with E-state index in [1.807, 2.05) is 11.8 Å². The Bertz CT molecular complexity index is 152. The number of nitrogens with two attached hydrogens (primary N) is 2. The van der Waals surface area contributed by atoms with Gasteiger partial charge in [0.25, 0.3) is 0 Å². The van der Waals surface area contributed by atoms with Gasteiger partial charge in [0.2, 0.25) is 5.91 Å². The summed E-state index contributed by atoms with van der Waals surface area (Å²) in [7, 11) is 0. The molecule has 0 spiro atoms. The molecule has 5 N–H and O–H groups in total. The van der Waals surface area contributed by atoms with E-state index in [-0.39, 0.29) is 6.61 Å². The first-order valence-corrected chi connectivity index (χ1v) is 4.50. The van der Waals surface area contributed by atoms with Gasteiger partial charge in [-0.3, -0.25) is 4.79 Å². The zero-order valence-electron chi connectivity index (χ0n) is 8.07. The monoisotopic (exact) mass is 189 g/mol. The number of rotatable bonds is 7. The van der Waals surface area contributed by atoms with Crippen LogP contribution in [0, 0.1) is 0 Å². The third kappa shape index (κ3) is 5.57. The van der Waals surface area contributed by atoms with Crippen molar-refractivity contribution in [2.24, 2.45) is 11.5 Å². The molecule has 0 aromatic rings. The van der Waals surface area contributed by atoms with E-state index in [9.17, 15) is 4.79 Å². The Morgan fingerprint density at radius 1 is 1.62 bits per heavy atom. The van der Waals surface area contributed by atoms with Crippen LogP contribution < -0.4 is 11.5 Å². The molecule has 0 aliphatic carbocycles. The first-order chi connectivity index (χ1) is 6.11. The average molecular weight is 189 g/mol. The summed E-state index contributed by atoms with van der Waals surface area (Å²) in [4.78, 5) is 12.6. The van der Waals surface area contributed by atoms with E-state index in [4.69, 9.17) is 16.6 Å². The van der Waals surface area contributed by atoms with Gasteiger partial charge in [-0.25, -0.2) is 0 Å². The molecule has 0 saturated carbocycles. The van der Waals surface area contributed by atoms with Crippen molar-refractivity contribution in [1.82, 2.24) is 4.90 Å². The van der Waals surface area contributed by atoms with Gasteiger partial charge in [0, 0.05) is 19.7 Å². The molecular formula is C8H19N3O2. The topological polar surface area (TPSA) is 92.6 Å². The molecule has 1 atom stereocenters. The Labute approximate surface area is 78.7 Å². The van der Waals surface area contributed by atoms with E-state index in [0.717, 1.165) is 13.1 Å². The number of carbonyl (C=O) groups is 1. The van der Waals surface area contributed by atoms with E-state index >= 15 is 0 Å². The highest BCUT2D eigenvalue weighted by Gasteiger charge is 2.12. The van der Waals surface area contributed by atoms with Gasteiger partial charge in [-0.2, -0.15) is 0 Å². The summed E-state index contributed by atoms with van der Waals surface area (Å²) in [5.74, 6) is -0.484. The molecule has 5 heteroatoms. The van der Waals surface area contributed by atoms with Crippen LogP contribution in [-0.4, -0.2) is 48.2 Å². The minimum atomic E-state index is -0.612. The predicted octanol–water partition coefficient (Wildman–Crippen LogP) is -1.50. The molecule has 0 radical (unpaired) electrons. The zero-order chi connectivity index (χ0) is 10.3. The third-order valence-electron chi connectivity index (χ3n) is 1.90. The quantitative estimate of drug-likeness (QED) is 0.454. The summed E-state index contributed by atoms with van der Waals surface area (Å²) in [5.41, 5.74) is 10.5. The summed E-state index contributed by atoms with van der Waals surface area (Å²) < 4.78 is 0. The Kier molecular flexibility index (Phi) is 6.48. The number of aliphatic hydroxyl groups is 1. The number of hydrogen-bond acceptors (Lipinski definition) is 4. The van der Waals surface area contributed by atoms with Gasteiger partial charge in [0.05, 0.1) is 6.04 Å². The number of carbonyl (C=O) groups excluding carboxylic acids is 1. The lowest BCUT2D eigenvalue weighted by Gasteiger charge is -2.22. The molecular weight excluding hydrogens is 170 g/mol. The lowest BCUT2D eigenvalue weighted by molar-refractivity contribution is -0.119. The van der Waals surface area contributed by atoms with Crippen LogP contribution in [0.4, 0.5) is 0 Å². The SMILES string of the molecule is CCN(CCCO)CC(N)C(N)=O. The van der Waals surface area contributed by atoms with E-state index < -0.39 is 11.9 Å². The van der Waals surface area contributed by atoms with Gasteiger partial charge >= 0.3 is 0 Å². The second kappa shape index (κ2) is 6.82. The van der Waals surface area contributed by atoms with E-state index in [1.165, 1.54) is 0 Å². The fourth-order valence-corrected chi connectivity index (χ4v) is 1.04. The lowest BCUT2D eigenvalue weighted by atomic mass is 10.2. The smallest absolute Gasteiger partial charge is 0.235 e. The number of aliphatic hydroxyl groups excluding tert-OH is 1. The number of hydrogen-bond donors (Lipinski definition) is 3. The summed E-state index contributed by atoms with van der Waals surface area (Å²) in [6, 6.07) is -0.612. The van der Waals surface area contributed by atoms with Crippen molar-refractivity contribution in [2.75, 3.05) is 26.2 Å².